The smallest absolute Gasteiger partial charge is 0.217 e. The summed E-state index contributed by atoms with van der Waals surface area (Å²) in [5.41, 5.74) is 1.85. The van der Waals surface area contributed by atoms with Crippen molar-refractivity contribution in [1.82, 2.24) is 0 Å². The lowest BCUT2D eigenvalue weighted by Crippen LogP contribution is -2.16. The van der Waals surface area contributed by atoms with Gasteiger partial charge in [0.15, 0.2) is 6.10 Å². The Hall–Kier alpha value is -1.43. The average Bonchev–Trinajstić information content (AvgIpc) is 2.93. The Morgan fingerprint density at radius 2 is 1.75 bits per heavy atom. The van der Waals surface area contributed by atoms with E-state index < -0.39 is 12.7 Å². The average molecular weight is 381 g/mol. The molecule has 0 fully saturated rings. The molecule has 2 nitrogen and oxygen atoms in total. The predicted molar refractivity (Wildman–Crippen MR) is 85.7 cm³/mol. The van der Waals surface area contributed by atoms with Crippen LogP contribution in [0.1, 0.15) is 17.2 Å². The van der Waals surface area contributed by atoms with Crippen LogP contribution in [-0.2, 0) is 4.74 Å². The molecule has 1 aliphatic rings. The third-order valence-corrected chi connectivity index (χ3v) is 3.97. The molecular weight excluding hydrogens is 368 g/mol. The molecule has 2 aromatic carbocycles. The second-order valence-corrected chi connectivity index (χ2v) is 5.86. The van der Waals surface area contributed by atoms with Crippen molar-refractivity contribution in [3.63, 3.8) is 0 Å². The molecule has 0 amide bonds. The molecule has 1 heterocycles. The lowest BCUT2D eigenvalue weighted by Gasteiger charge is -2.16. The molecule has 3 rings (SSSR count). The van der Waals surface area contributed by atoms with Crippen molar-refractivity contribution in [2.75, 3.05) is 6.67 Å². The van der Waals surface area contributed by atoms with Gasteiger partial charge in [-0.15, -0.1) is 0 Å². The first-order chi connectivity index (χ1) is 9.78. The van der Waals surface area contributed by atoms with Crippen LogP contribution in [0.25, 0.3) is 0 Å². The summed E-state index contributed by atoms with van der Waals surface area (Å²) in [5, 5.41) is 0. The molecule has 0 N–H and O–H groups in total. The first kappa shape index (κ1) is 13.5. The van der Waals surface area contributed by atoms with E-state index in [2.05, 4.69) is 27.6 Å². The van der Waals surface area contributed by atoms with Gasteiger partial charge in [-0.1, -0.05) is 30.3 Å². The van der Waals surface area contributed by atoms with E-state index in [-0.39, 0.29) is 6.10 Å². The zero-order valence-electron chi connectivity index (χ0n) is 10.7. The summed E-state index contributed by atoms with van der Waals surface area (Å²) in [7, 11) is 0. The summed E-state index contributed by atoms with van der Waals surface area (Å²) in [5.74, 6) is 0.525. The number of benzene rings is 2. The normalized spacial score (nSPS) is 21.4. The Bertz CT molecular complexity index is 612. The van der Waals surface area contributed by atoms with Crippen LogP contribution in [0.2, 0.25) is 0 Å². The van der Waals surface area contributed by atoms with E-state index >= 15 is 0 Å². The SMILES string of the molecule is FCC1N=C(c2ccccc2)OC1c1ccc(I)cc1. The largest absolute Gasteiger partial charge is 0.467 e. The highest BCUT2D eigenvalue weighted by atomic mass is 127. The fourth-order valence-electron chi connectivity index (χ4n) is 2.23. The van der Waals surface area contributed by atoms with Gasteiger partial charge in [-0.25, -0.2) is 9.38 Å². The molecule has 0 spiro atoms. The molecule has 20 heavy (non-hydrogen) atoms. The zero-order valence-corrected chi connectivity index (χ0v) is 12.8. The maximum atomic E-state index is 13.2. The minimum absolute atomic E-state index is 0.341. The van der Waals surface area contributed by atoms with Gasteiger partial charge in [0.05, 0.1) is 0 Å². The van der Waals surface area contributed by atoms with Gasteiger partial charge < -0.3 is 4.74 Å². The Morgan fingerprint density at radius 1 is 1.05 bits per heavy atom. The molecule has 102 valence electrons. The molecule has 0 saturated carbocycles. The Morgan fingerprint density at radius 3 is 2.40 bits per heavy atom. The fraction of sp³-hybridized carbons (Fsp3) is 0.188. The highest BCUT2D eigenvalue weighted by Gasteiger charge is 2.32. The van der Waals surface area contributed by atoms with Crippen LogP contribution in [-0.4, -0.2) is 18.6 Å². The molecule has 2 unspecified atom stereocenters. The van der Waals surface area contributed by atoms with Crippen LogP contribution in [0.15, 0.2) is 59.6 Å². The van der Waals surface area contributed by atoms with Crippen molar-refractivity contribution in [3.05, 3.63) is 69.3 Å². The third kappa shape index (κ3) is 2.70. The van der Waals surface area contributed by atoms with Gasteiger partial charge in [0.2, 0.25) is 5.90 Å². The molecule has 1 aliphatic heterocycles. The standard InChI is InChI=1S/C16H13FINO/c17-10-14-15(11-6-8-13(18)9-7-11)20-16(19-14)12-4-2-1-3-5-12/h1-9,14-15H,10H2. The number of hydrogen-bond acceptors (Lipinski definition) is 2. The third-order valence-electron chi connectivity index (χ3n) is 3.25. The van der Waals surface area contributed by atoms with E-state index in [9.17, 15) is 4.39 Å². The summed E-state index contributed by atoms with van der Waals surface area (Å²) in [6.45, 7) is -0.521. The van der Waals surface area contributed by atoms with Gasteiger partial charge in [0, 0.05) is 9.13 Å². The van der Waals surface area contributed by atoms with E-state index in [0.29, 0.717) is 5.90 Å². The minimum atomic E-state index is -0.521. The molecule has 0 aromatic heterocycles. The first-order valence-electron chi connectivity index (χ1n) is 6.39. The molecule has 0 radical (unpaired) electrons. The van der Waals surface area contributed by atoms with E-state index in [1.807, 2.05) is 54.6 Å². The monoisotopic (exact) mass is 381 g/mol. The van der Waals surface area contributed by atoms with Crippen molar-refractivity contribution in [2.24, 2.45) is 4.99 Å². The number of alkyl halides is 1. The van der Waals surface area contributed by atoms with Gasteiger partial charge in [-0.2, -0.15) is 0 Å². The molecule has 0 saturated heterocycles. The van der Waals surface area contributed by atoms with Crippen LogP contribution < -0.4 is 0 Å². The highest BCUT2D eigenvalue weighted by molar-refractivity contribution is 14.1. The fourth-order valence-corrected chi connectivity index (χ4v) is 2.59. The molecule has 0 bridgehead atoms. The van der Waals surface area contributed by atoms with E-state index in [1.54, 1.807) is 0 Å². The lowest BCUT2D eigenvalue weighted by atomic mass is 10.0. The molecule has 0 aliphatic carbocycles. The van der Waals surface area contributed by atoms with Gasteiger partial charge in [0.1, 0.15) is 12.7 Å². The van der Waals surface area contributed by atoms with Gasteiger partial charge in [-0.05, 0) is 52.4 Å². The maximum Gasteiger partial charge on any atom is 0.217 e. The van der Waals surface area contributed by atoms with Crippen LogP contribution in [0.3, 0.4) is 0 Å². The van der Waals surface area contributed by atoms with Gasteiger partial charge in [0.25, 0.3) is 0 Å². The molecule has 2 aromatic rings. The molecule has 2 atom stereocenters. The number of halogens is 2. The minimum Gasteiger partial charge on any atom is -0.467 e. The summed E-state index contributed by atoms with van der Waals surface area (Å²) >= 11 is 2.24. The van der Waals surface area contributed by atoms with Crippen LogP contribution >= 0.6 is 22.6 Å². The Labute approximate surface area is 130 Å². The predicted octanol–water partition coefficient (Wildman–Crippen LogP) is 4.15. The quantitative estimate of drug-likeness (QED) is 0.733. The second kappa shape index (κ2) is 5.91. The second-order valence-electron chi connectivity index (χ2n) is 4.61. The Kier molecular flexibility index (Phi) is 4.00. The van der Waals surface area contributed by atoms with Crippen LogP contribution in [0, 0.1) is 3.57 Å². The van der Waals surface area contributed by atoms with E-state index in [0.717, 1.165) is 14.7 Å². The lowest BCUT2D eigenvalue weighted by molar-refractivity contribution is 0.181. The van der Waals surface area contributed by atoms with E-state index in [1.165, 1.54) is 0 Å². The van der Waals surface area contributed by atoms with Gasteiger partial charge >= 0.3 is 0 Å². The maximum absolute atomic E-state index is 13.2. The number of ether oxygens (including phenoxy) is 1. The number of hydrogen-bond donors (Lipinski definition) is 0. The summed E-state index contributed by atoms with van der Waals surface area (Å²) in [6, 6.07) is 17.1. The van der Waals surface area contributed by atoms with Crippen molar-refractivity contribution in [1.29, 1.82) is 0 Å². The summed E-state index contributed by atoms with van der Waals surface area (Å²) in [4.78, 5) is 4.37. The number of nitrogens with zero attached hydrogens (tertiary/aromatic N) is 1. The Balaban J connectivity index is 1.87. The van der Waals surface area contributed by atoms with E-state index in [4.69, 9.17) is 4.74 Å². The highest BCUT2D eigenvalue weighted by Crippen LogP contribution is 2.31. The number of aliphatic imine (C=N–C) groups is 1. The molecular formula is C16H13FINO. The van der Waals surface area contributed by atoms with Crippen molar-refractivity contribution >= 4 is 28.5 Å². The van der Waals surface area contributed by atoms with Crippen molar-refractivity contribution in [2.45, 2.75) is 12.1 Å². The topological polar surface area (TPSA) is 21.6 Å². The van der Waals surface area contributed by atoms with Crippen LogP contribution in [0.5, 0.6) is 0 Å². The van der Waals surface area contributed by atoms with Gasteiger partial charge in [-0.3, -0.25) is 0 Å². The molecule has 4 heteroatoms. The van der Waals surface area contributed by atoms with Crippen LogP contribution in [0.4, 0.5) is 4.39 Å². The first-order valence-corrected chi connectivity index (χ1v) is 7.47. The van der Waals surface area contributed by atoms with Crippen molar-refractivity contribution in [3.8, 4) is 0 Å². The zero-order chi connectivity index (χ0) is 13.9. The number of rotatable bonds is 3. The van der Waals surface area contributed by atoms with Crippen molar-refractivity contribution < 1.29 is 9.13 Å². The summed E-state index contributed by atoms with van der Waals surface area (Å²) < 4.78 is 20.2. The summed E-state index contributed by atoms with van der Waals surface area (Å²) in [6.07, 6.45) is -0.341.